The lowest BCUT2D eigenvalue weighted by atomic mass is 10.0. The van der Waals surface area contributed by atoms with Gasteiger partial charge in [-0.2, -0.15) is 0 Å². The number of anilines is 1. The highest BCUT2D eigenvalue weighted by molar-refractivity contribution is 7.92. The van der Waals surface area contributed by atoms with Gasteiger partial charge in [-0.15, -0.1) is 0 Å². The molecular formula is C36H40ClN3O5S. The molecule has 4 rings (SSSR count). The molecule has 0 saturated carbocycles. The highest BCUT2D eigenvalue weighted by Gasteiger charge is 2.34. The second-order valence-electron chi connectivity index (χ2n) is 11.5. The predicted octanol–water partition coefficient (Wildman–Crippen LogP) is 6.26. The lowest BCUT2D eigenvalue weighted by Crippen LogP contribution is -2.53. The van der Waals surface area contributed by atoms with Crippen LogP contribution in [0, 0.1) is 12.8 Å². The summed E-state index contributed by atoms with van der Waals surface area (Å²) < 4.78 is 34.7. The average molecular weight is 662 g/mol. The van der Waals surface area contributed by atoms with Crippen LogP contribution in [0.5, 0.6) is 5.75 Å². The molecule has 0 radical (unpaired) electrons. The molecule has 242 valence electrons. The number of ether oxygens (including phenoxy) is 1. The normalized spacial score (nSPS) is 12.0. The first-order chi connectivity index (χ1) is 22.0. The summed E-state index contributed by atoms with van der Waals surface area (Å²) in [4.78, 5) is 29.9. The van der Waals surface area contributed by atoms with Gasteiger partial charge in [0.05, 0.1) is 17.7 Å². The van der Waals surface area contributed by atoms with Gasteiger partial charge in [-0.1, -0.05) is 85.6 Å². The Labute approximate surface area is 277 Å². The fourth-order valence-corrected chi connectivity index (χ4v) is 6.46. The van der Waals surface area contributed by atoms with Gasteiger partial charge in [0.25, 0.3) is 10.0 Å². The average Bonchev–Trinajstić information content (AvgIpc) is 3.05. The van der Waals surface area contributed by atoms with E-state index in [1.807, 2.05) is 63.2 Å². The van der Waals surface area contributed by atoms with Crippen LogP contribution in [0.25, 0.3) is 0 Å². The first-order valence-corrected chi connectivity index (χ1v) is 16.9. The monoisotopic (exact) mass is 661 g/mol. The Morgan fingerprint density at radius 2 is 1.52 bits per heavy atom. The third-order valence-corrected chi connectivity index (χ3v) is 9.49. The number of nitrogens with zero attached hydrogens (tertiary/aromatic N) is 2. The Kier molecular flexibility index (Phi) is 11.8. The zero-order chi connectivity index (χ0) is 33.3. The minimum absolute atomic E-state index is 0.0138. The zero-order valence-electron chi connectivity index (χ0n) is 26.5. The minimum atomic E-state index is -4.22. The van der Waals surface area contributed by atoms with Crippen molar-refractivity contribution in [1.82, 2.24) is 10.2 Å². The molecule has 4 aromatic carbocycles. The summed E-state index contributed by atoms with van der Waals surface area (Å²) in [6.45, 7) is 5.81. The maximum absolute atomic E-state index is 14.5. The number of sulfonamides is 1. The molecule has 10 heteroatoms. The van der Waals surface area contributed by atoms with Crippen molar-refractivity contribution in [2.45, 2.75) is 44.7 Å². The van der Waals surface area contributed by atoms with E-state index in [9.17, 15) is 18.0 Å². The van der Waals surface area contributed by atoms with E-state index in [2.05, 4.69) is 5.32 Å². The number of halogens is 1. The third kappa shape index (κ3) is 9.11. The molecule has 0 aliphatic rings. The summed E-state index contributed by atoms with van der Waals surface area (Å²) in [5.74, 6) is -0.0800. The Balaban J connectivity index is 1.80. The van der Waals surface area contributed by atoms with E-state index in [4.69, 9.17) is 16.3 Å². The van der Waals surface area contributed by atoms with Crippen LogP contribution < -0.4 is 14.4 Å². The number of methoxy groups -OCH3 is 1. The van der Waals surface area contributed by atoms with Crippen molar-refractivity contribution in [3.8, 4) is 5.75 Å². The molecule has 0 aliphatic carbocycles. The Morgan fingerprint density at radius 1 is 0.870 bits per heavy atom. The van der Waals surface area contributed by atoms with Crippen LogP contribution >= 0.6 is 11.6 Å². The van der Waals surface area contributed by atoms with Gasteiger partial charge in [0.2, 0.25) is 11.8 Å². The molecule has 0 aromatic heterocycles. The van der Waals surface area contributed by atoms with E-state index in [0.29, 0.717) is 23.0 Å². The summed E-state index contributed by atoms with van der Waals surface area (Å²) in [6.07, 6.45) is 0.231. The largest absolute Gasteiger partial charge is 0.497 e. The molecule has 0 aliphatic heterocycles. The lowest BCUT2D eigenvalue weighted by molar-refractivity contribution is -0.140. The summed E-state index contributed by atoms with van der Waals surface area (Å²) in [7, 11) is -2.66. The number of carbonyl (C=O) groups excluding carboxylic acids is 2. The Hall–Kier alpha value is -4.34. The number of aryl methyl sites for hydroxylation is 1. The van der Waals surface area contributed by atoms with Crippen molar-refractivity contribution in [1.29, 1.82) is 0 Å². The highest BCUT2D eigenvalue weighted by atomic mass is 35.5. The zero-order valence-corrected chi connectivity index (χ0v) is 28.1. The van der Waals surface area contributed by atoms with Crippen molar-refractivity contribution in [3.63, 3.8) is 0 Å². The van der Waals surface area contributed by atoms with E-state index >= 15 is 0 Å². The fourth-order valence-electron chi connectivity index (χ4n) is 4.92. The van der Waals surface area contributed by atoms with Crippen LogP contribution in [0.3, 0.4) is 0 Å². The second kappa shape index (κ2) is 15.8. The van der Waals surface area contributed by atoms with Gasteiger partial charge >= 0.3 is 0 Å². The molecule has 2 amide bonds. The molecule has 0 fully saturated rings. The molecule has 1 atom stereocenters. The summed E-state index contributed by atoms with van der Waals surface area (Å²) in [5.41, 5.74) is 2.84. The summed E-state index contributed by atoms with van der Waals surface area (Å²) in [6, 6.07) is 28.5. The van der Waals surface area contributed by atoms with Gasteiger partial charge in [0, 0.05) is 24.5 Å². The Morgan fingerprint density at radius 3 is 2.15 bits per heavy atom. The molecule has 1 N–H and O–H groups in total. The smallest absolute Gasteiger partial charge is 0.264 e. The highest BCUT2D eigenvalue weighted by Crippen LogP contribution is 2.27. The third-order valence-electron chi connectivity index (χ3n) is 7.45. The number of nitrogens with one attached hydrogen (secondary N) is 1. The van der Waals surface area contributed by atoms with Crippen molar-refractivity contribution in [3.05, 3.63) is 125 Å². The number of benzene rings is 4. The van der Waals surface area contributed by atoms with E-state index < -0.39 is 28.5 Å². The van der Waals surface area contributed by atoms with E-state index in [1.54, 1.807) is 43.5 Å². The van der Waals surface area contributed by atoms with Gasteiger partial charge in [-0.05, 0) is 72.5 Å². The van der Waals surface area contributed by atoms with Gasteiger partial charge in [0.15, 0.2) is 0 Å². The van der Waals surface area contributed by atoms with Crippen LogP contribution in [0.1, 0.15) is 30.5 Å². The molecule has 0 heterocycles. The minimum Gasteiger partial charge on any atom is -0.497 e. The van der Waals surface area contributed by atoms with E-state index in [-0.39, 0.29) is 29.7 Å². The van der Waals surface area contributed by atoms with Gasteiger partial charge in [-0.25, -0.2) is 8.42 Å². The van der Waals surface area contributed by atoms with Crippen molar-refractivity contribution >= 4 is 39.1 Å². The first-order valence-electron chi connectivity index (χ1n) is 15.1. The van der Waals surface area contributed by atoms with E-state index in [0.717, 1.165) is 21.0 Å². The first kappa shape index (κ1) is 34.5. The molecule has 0 unspecified atom stereocenters. The lowest BCUT2D eigenvalue weighted by Gasteiger charge is -2.34. The maximum Gasteiger partial charge on any atom is 0.264 e. The van der Waals surface area contributed by atoms with Crippen molar-refractivity contribution in [2.75, 3.05) is 24.5 Å². The molecule has 46 heavy (non-hydrogen) atoms. The van der Waals surface area contributed by atoms with Crippen LogP contribution in [0.15, 0.2) is 108 Å². The molecule has 4 aromatic rings. The van der Waals surface area contributed by atoms with Crippen LogP contribution in [0.4, 0.5) is 5.69 Å². The summed E-state index contributed by atoms with van der Waals surface area (Å²) >= 11 is 6.06. The van der Waals surface area contributed by atoms with Crippen LogP contribution in [-0.4, -0.2) is 51.4 Å². The van der Waals surface area contributed by atoms with Crippen molar-refractivity contribution in [2.24, 2.45) is 5.92 Å². The van der Waals surface area contributed by atoms with Gasteiger partial charge < -0.3 is 15.0 Å². The number of hydrogen-bond acceptors (Lipinski definition) is 5. The SMILES string of the molecule is COc1cccc(CN(C(=O)CN(c2ccc(C)cc2)S(=O)(=O)c2ccc(Cl)cc2)[C@H](Cc2ccccc2)C(=O)NCC(C)C)c1. The molecule has 8 nitrogen and oxygen atoms in total. The van der Waals surface area contributed by atoms with Crippen LogP contribution in [-0.2, 0) is 32.6 Å². The van der Waals surface area contributed by atoms with Crippen molar-refractivity contribution < 1.29 is 22.7 Å². The number of hydrogen-bond donors (Lipinski definition) is 1. The maximum atomic E-state index is 14.5. The van der Waals surface area contributed by atoms with Gasteiger partial charge in [-0.3, -0.25) is 13.9 Å². The number of amides is 2. The molecular weight excluding hydrogens is 622 g/mol. The van der Waals surface area contributed by atoms with Gasteiger partial charge in [0.1, 0.15) is 18.3 Å². The fraction of sp³-hybridized carbons (Fsp3) is 0.278. The molecule has 0 saturated heterocycles. The molecule has 0 spiro atoms. The quantitative estimate of drug-likeness (QED) is 0.172. The van der Waals surface area contributed by atoms with E-state index in [1.165, 1.54) is 29.2 Å². The van der Waals surface area contributed by atoms with Crippen LogP contribution in [0.2, 0.25) is 5.02 Å². The standard InChI is InChI=1S/C36H40ClN3O5S/c1-26(2)23-38-36(42)34(22-28-9-6-5-7-10-28)39(24-29-11-8-12-32(21-29)45-4)35(41)25-40(31-17-13-27(3)14-18-31)46(43,44)33-19-15-30(37)16-20-33/h5-21,26,34H,22-25H2,1-4H3,(H,38,42)/t34-/m1/s1. The topological polar surface area (TPSA) is 96.0 Å². The predicted molar refractivity (Wildman–Crippen MR) is 182 cm³/mol. The number of carbonyl (C=O) groups is 2. The second-order valence-corrected chi connectivity index (χ2v) is 13.8. The molecule has 0 bridgehead atoms. The summed E-state index contributed by atoms with van der Waals surface area (Å²) in [5, 5.41) is 3.38. The number of rotatable bonds is 14. The Bertz CT molecular complexity index is 1710.